The van der Waals surface area contributed by atoms with E-state index in [2.05, 4.69) is 0 Å². The molecule has 0 amide bonds. The molecule has 0 aromatic rings. The van der Waals surface area contributed by atoms with E-state index in [-0.39, 0.29) is 0 Å². The average molecular weight is 184 g/mol. The fraction of sp³-hybridized carbons (Fsp3) is 1.00. The molecule has 2 aliphatic rings. The lowest BCUT2D eigenvalue weighted by Gasteiger charge is -2.29. The fourth-order valence-corrected chi connectivity index (χ4v) is 2.44. The van der Waals surface area contributed by atoms with Gasteiger partial charge in [0.2, 0.25) is 0 Å². The Kier molecular flexibility index (Phi) is 3.62. The van der Waals surface area contributed by atoms with Gasteiger partial charge in [0.25, 0.3) is 0 Å². The van der Waals surface area contributed by atoms with Crippen molar-refractivity contribution in [3.63, 3.8) is 0 Å². The Labute approximate surface area is 80.6 Å². The Hall–Kier alpha value is -0.0800. The first-order valence-corrected chi connectivity index (χ1v) is 5.66. The standard InChI is InChI=1S/C11H20O2/c1-2-8-13-11(5-1)10-4-3-7-12-9-6-10/h10-11H,1-9H2. The SMILES string of the molecule is C1CCC(C2CCCOCC2)OC1. The second-order valence-corrected chi connectivity index (χ2v) is 4.21. The summed E-state index contributed by atoms with van der Waals surface area (Å²) in [7, 11) is 0. The fourth-order valence-electron chi connectivity index (χ4n) is 2.44. The second-order valence-electron chi connectivity index (χ2n) is 4.21. The van der Waals surface area contributed by atoms with Gasteiger partial charge in [0.15, 0.2) is 0 Å². The third-order valence-electron chi connectivity index (χ3n) is 3.24. The third-order valence-corrected chi connectivity index (χ3v) is 3.24. The molecule has 2 rings (SSSR count). The molecule has 2 unspecified atom stereocenters. The predicted molar refractivity (Wildman–Crippen MR) is 51.8 cm³/mol. The van der Waals surface area contributed by atoms with Gasteiger partial charge in [0.1, 0.15) is 0 Å². The van der Waals surface area contributed by atoms with Gasteiger partial charge >= 0.3 is 0 Å². The van der Waals surface area contributed by atoms with E-state index in [4.69, 9.17) is 9.47 Å². The molecule has 0 aromatic carbocycles. The summed E-state index contributed by atoms with van der Waals surface area (Å²) in [6.45, 7) is 2.90. The molecule has 2 aliphatic heterocycles. The van der Waals surface area contributed by atoms with Crippen molar-refractivity contribution in [2.45, 2.75) is 44.6 Å². The van der Waals surface area contributed by atoms with Crippen molar-refractivity contribution >= 4 is 0 Å². The molecule has 2 heteroatoms. The van der Waals surface area contributed by atoms with E-state index < -0.39 is 0 Å². The van der Waals surface area contributed by atoms with Gasteiger partial charge in [-0.2, -0.15) is 0 Å². The van der Waals surface area contributed by atoms with Gasteiger partial charge in [0, 0.05) is 19.8 Å². The van der Waals surface area contributed by atoms with Crippen LogP contribution >= 0.6 is 0 Å². The first kappa shape index (κ1) is 9.47. The molecule has 2 atom stereocenters. The third kappa shape index (κ3) is 2.68. The van der Waals surface area contributed by atoms with Crippen LogP contribution in [0, 0.1) is 5.92 Å². The van der Waals surface area contributed by atoms with Crippen molar-refractivity contribution in [3.05, 3.63) is 0 Å². The van der Waals surface area contributed by atoms with E-state index in [9.17, 15) is 0 Å². The quantitative estimate of drug-likeness (QED) is 0.623. The summed E-state index contributed by atoms with van der Waals surface area (Å²) < 4.78 is 11.3. The van der Waals surface area contributed by atoms with Crippen LogP contribution in [0.3, 0.4) is 0 Å². The number of hydrogen-bond donors (Lipinski definition) is 0. The van der Waals surface area contributed by atoms with Crippen LogP contribution in [-0.4, -0.2) is 25.9 Å². The number of rotatable bonds is 1. The van der Waals surface area contributed by atoms with Gasteiger partial charge in [-0.05, 0) is 44.4 Å². The van der Waals surface area contributed by atoms with E-state index in [0.717, 1.165) is 25.7 Å². The summed E-state index contributed by atoms with van der Waals surface area (Å²) in [5.41, 5.74) is 0. The van der Waals surface area contributed by atoms with Crippen LogP contribution in [0.1, 0.15) is 38.5 Å². The topological polar surface area (TPSA) is 18.5 Å². The highest BCUT2D eigenvalue weighted by Gasteiger charge is 2.25. The Balaban J connectivity index is 1.82. The molecule has 2 fully saturated rings. The van der Waals surface area contributed by atoms with Crippen LogP contribution in [0.25, 0.3) is 0 Å². The molecule has 0 aliphatic carbocycles. The first-order valence-electron chi connectivity index (χ1n) is 5.66. The molecule has 2 heterocycles. The molecule has 13 heavy (non-hydrogen) atoms. The molecular weight excluding hydrogens is 164 g/mol. The van der Waals surface area contributed by atoms with Crippen LogP contribution in [0.2, 0.25) is 0 Å². The molecule has 2 saturated heterocycles. The van der Waals surface area contributed by atoms with Crippen molar-refractivity contribution in [1.29, 1.82) is 0 Å². The Bertz CT molecular complexity index is 133. The number of hydrogen-bond acceptors (Lipinski definition) is 2. The minimum atomic E-state index is 0.551. The Morgan fingerprint density at radius 3 is 2.62 bits per heavy atom. The normalized spacial score (nSPS) is 36.9. The Morgan fingerprint density at radius 1 is 0.769 bits per heavy atom. The minimum Gasteiger partial charge on any atom is -0.381 e. The van der Waals surface area contributed by atoms with Crippen molar-refractivity contribution in [1.82, 2.24) is 0 Å². The summed E-state index contributed by atoms with van der Waals surface area (Å²) in [6.07, 6.45) is 8.21. The van der Waals surface area contributed by atoms with Crippen LogP contribution in [0.4, 0.5) is 0 Å². The molecule has 2 nitrogen and oxygen atoms in total. The Morgan fingerprint density at radius 2 is 1.77 bits per heavy atom. The van der Waals surface area contributed by atoms with E-state index in [1.165, 1.54) is 38.5 Å². The van der Waals surface area contributed by atoms with Gasteiger partial charge < -0.3 is 9.47 Å². The average Bonchev–Trinajstić information content (AvgIpc) is 2.47. The molecule has 0 aromatic heterocycles. The largest absolute Gasteiger partial charge is 0.381 e. The lowest BCUT2D eigenvalue weighted by Crippen LogP contribution is -2.28. The maximum Gasteiger partial charge on any atom is 0.0604 e. The minimum absolute atomic E-state index is 0.551. The van der Waals surface area contributed by atoms with E-state index in [0.29, 0.717) is 6.10 Å². The van der Waals surface area contributed by atoms with Crippen molar-refractivity contribution in [2.24, 2.45) is 5.92 Å². The molecule has 0 N–H and O–H groups in total. The van der Waals surface area contributed by atoms with Crippen molar-refractivity contribution < 1.29 is 9.47 Å². The smallest absolute Gasteiger partial charge is 0.0604 e. The van der Waals surface area contributed by atoms with Gasteiger partial charge in [-0.15, -0.1) is 0 Å². The molecule has 0 radical (unpaired) electrons. The van der Waals surface area contributed by atoms with Crippen LogP contribution in [-0.2, 0) is 9.47 Å². The van der Waals surface area contributed by atoms with Gasteiger partial charge in [0.05, 0.1) is 6.10 Å². The zero-order valence-corrected chi connectivity index (χ0v) is 8.34. The summed E-state index contributed by atoms with van der Waals surface area (Å²) in [4.78, 5) is 0. The number of ether oxygens (including phenoxy) is 2. The monoisotopic (exact) mass is 184 g/mol. The molecule has 76 valence electrons. The van der Waals surface area contributed by atoms with Gasteiger partial charge in [-0.25, -0.2) is 0 Å². The molecule has 0 bridgehead atoms. The molecular formula is C11H20O2. The summed E-state index contributed by atoms with van der Waals surface area (Å²) in [5.74, 6) is 0.780. The second kappa shape index (κ2) is 4.97. The molecule has 0 saturated carbocycles. The van der Waals surface area contributed by atoms with Crippen LogP contribution in [0.15, 0.2) is 0 Å². The van der Waals surface area contributed by atoms with E-state index >= 15 is 0 Å². The lowest BCUT2D eigenvalue weighted by atomic mass is 9.90. The van der Waals surface area contributed by atoms with Crippen LogP contribution < -0.4 is 0 Å². The highest BCUT2D eigenvalue weighted by molar-refractivity contribution is 4.74. The zero-order chi connectivity index (χ0) is 8.93. The summed E-state index contributed by atoms with van der Waals surface area (Å²) >= 11 is 0. The highest BCUT2D eigenvalue weighted by atomic mass is 16.5. The molecule has 0 spiro atoms. The van der Waals surface area contributed by atoms with Gasteiger partial charge in [-0.3, -0.25) is 0 Å². The van der Waals surface area contributed by atoms with Crippen molar-refractivity contribution in [3.8, 4) is 0 Å². The van der Waals surface area contributed by atoms with Crippen molar-refractivity contribution in [2.75, 3.05) is 19.8 Å². The lowest BCUT2D eigenvalue weighted by molar-refractivity contribution is -0.0259. The maximum absolute atomic E-state index is 5.82. The van der Waals surface area contributed by atoms with Gasteiger partial charge in [-0.1, -0.05) is 0 Å². The maximum atomic E-state index is 5.82. The van der Waals surface area contributed by atoms with E-state index in [1.54, 1.807) is 0 Å². The summed E-state index contributed by atoms with van der Waals surface area (Å²) in [6, 6.07) is 0. The summed E-state index contributed by atoms with van der Waals surface area (Å²) in [5, 5.41) is 0. The zero-order valence-electron chi connectivity index (χ0n) is 8.34. The van der Waals surface area contributed by atoms with E-state index in [1.807, 2.05) is 0 Å². The van der Waals surface area contributed by atoms with Crippen LogP contribution in [0.5, 0.6) is 0 Å². The highest BCUT2D eigenvalue weighted by Crippen LogP contribution is 2.27. The predicted octanol–water partition coefficient (Wildman–Crippen LogP) is 2.37. The first-order chi connectivity index (χ1) is 6.47.